The fourth-order valence-electron chi connectivity index (χ4n) is 2.34. The minimum Gasteiger partial charge on any atom is -0.496 e. The van der Waals surface area contributed by atoms with Gasteiger partial charge in [-0.1, -0.05) is 0 Å². The maximum absolute atomic E-state index is 12.6. The van der Waals surface area contributed by atoms with Crippen LogP contribution in [0.4, 0.5) is 5.69 Å². The molecule has 7 heteroatoms. The van der Waals surface area contributed by atoms with Crippen molar-refractivity contribution in [1.29, 1.82) is 0 Å². The van der Waals surface area contributed by atoms with E-state index in [0.29, 0.717) is 25.4 Å². The number of amides is 1. The molecule has 114 valence electrons. The summed E-state index contributed by atoms with van der Waals surface area (Å²) in [4.78, 5) is 24.6. The number of morpholine rings is 1. The fourth-order valence-corrected chi connectivity index (χ4v) is 2.34. The topological polar surface area (TPSA) is 81.9 Å². The summed E-state index contributed by atoms with van der Waals surface area (Å²) in [5, 5.41) is 10.9. The average Bonchev–Trinajstić information content (AvgIpc) is 2.44. The first-order chi connectivity index (χ1) is 9.84. The zero-order chi connectivity index (χ0) is 15.6. The first-order valence-electron chi connectivity index (χ1n) is 6.60. The van der Waals surface area contributed by atoms with Crippen LogP contribution in [0, 0.1) is 10.1 Å². The van der Waals surface area contributed by atoms with Crippen LogP contribution < -0.4 is 4.74 Å². The second kappa shape index (κ2) is 5.69. The van der Waals surface area contributed by atoms with Crippen molar-refractivity contribution in [3.05, 3.63) is 33.9 Å². The van der Waals surface area contributed by atoms with Crippen molar-refractivity contribution >= 4 is 11.6 Å². The molecule has 2 rings (SSSR count). The number of nitro groups is 1. The van der Waals surface area contributed by atoms with Gasteiger partial charge in [0.15, 0.2) is 0 Å². The van der Waals surface area contributed by atoms with Crippen molar-refractivity contribution in [2.45, 2.75) is 19.4 Å². The number of carbonyl (C=O) groups excluding carboxylic acids is 1. The van der Waals surface area contributed by atoms with E-state index in [1.54, 1.807) is 4.90 Å². The third-order valence-electron chi connectivity index (χ3n) is 3.34. The highest BCUT2D eigenvalue weighted by Gasteiger charge is 2.32. The lowest BCUT2D eigenvalue weighted by atomic mass is 10.1. The lowest BCUT2D eigenvalue weighted by Gasteiger charge is -2.38. The smallest absolute Gasteiger partial charge is 0.270 e. The van der Waals surface area contributed by atoms with Crippen LogP contribution in [0.1, 0.15) is 24.2 Å². The lowest BCUT2D eigenvalue weighted by Crippen LogP contribution is -2.50. The van der Waals surface area contributed by atoms with Crippen molar-refractivity contribution in [1.82, 2.24) is 4.90 Å². The van der Waals surface area contributed by atoms with E-state index in [0.717, 1.165) is 0 Å². The summed E-state index contributed by atoms with van der Waals surface area (Å²) >= 11 is 0. The van der Waals surface area contributed by atoms with Crippen LogP contribution in [-0.4, -0.2) is 48.1 Å². The Morgan fingerprint density at radius 2 is 2.19 bits per heavy atom. The summed E-state index contributed by atoms with van der Waals surface area (Å²) in [5.74, 6) is 0.0434. The number of non-ortho nitro benzene ring substituents is 1. The Balaban J connectivity index is 2.33. The number of hydrogen-bond donors (Lipinski definition) is 0. The van der Waals surface area contributed by atoms with Gasteiger partial charge in [0.05, 0.1) is 29.8 Å². The molecule has 0 saturated carbocycles. The maximum Gasteiger partial charge on any atom is 0.270 e. The zero-order valence-electron chi connectivity index (χ0n) is 12.3. The van der Waals surface area contributed by atoms with E-state index in [9.17, 15) is 14.9 Å². The van der Waals surface area contributed by atoms with Crippen LogP contribution in [0.2, 0.25) is 0 Å². The van der Waals surface area contributed by atoms with Gasteiger partial charge in [0.1, 0.15) is 5.75 Å². The zero-order valence-corrected chi connectivity index (χ0v) is 12.3. The number of nitro benzene ring substituents is 1. The summed E-state index contributed by atoms with van der Waals surface area (Å²) < 4.78 is 10.7. The SMILES string of the molecule is COc1ccc([N+](=O)[O-])cc1C(=O)N1CCOC(C)(C)C1. The predicted octanol–water partition coefficient (Wildman–Crippen LogP) is 1.85. The van der Waals surface area contributed by atoms with Gasteiger partial charge in [0.25, 0.3) is 11.6 Å². The Hall–Kier alpha value is -2.15. The van der Waals surface area contributed by atoms with Gasteiger partial charge >= 0.3 is 0 Å². The summed E-state index contributed by atoms with van der Waals surface area (Å²) in [6, 6.07) is 4.01. The molecule has 0 bridgehead atoms. The Morgan fingerprint density at radius 1 is 1.48 bits per heavy atom. The van der Waals surface area contributed by atoms with Gasteiger partial charge in [-0.3, -0.25) is 14.9 Å². The number of ether oxygens (including phenoxy) is 2. The first-order valence-corrected chi connectivity index (χ1v) is 6.60. The summed E-state index contributed by atoms with van der Waals surface area (Å²) in [6.07, 6.45) is 0. The highest BCUT2D eigenvalue weighted by Crippen LogP contribution is 2.27. The van der Waals surface area contributed by atoms with Gasteiger partial charge in [-0.15, -0.1) is 0 Å². The Labute approximate surface area is 122 Å². The minimum absolute atomic E-state index is 0.133. The van der Waals surface area contributed by atoms with E-state index in [1.165, 1.54) is 25.3 Å². The van der Waals surface area contributed by atoms with E-state index in [4.69, 9.17) is 9.47 Å². The van der Waals surface area contributed by atoms with Crippen LogP contribution in [0.25, 0.3) is 0 Å². The molecule has 1 aliphatic heterocycles. The molecule has 1 aliphatic rings. The second-order valence-corrected chi connectivity index (χ2v) is 5.48. The van der Waals surface area contributed by atoms with Crippen molar-refractivity contribution in [3.63, 3.8) is 0 Å². The molecule has 0 N–H and O–H groups in total. The number of carbonyl (C=O) groups is 1. The summed E-state index contributed by atoms with van der Waals surface area (Å²) in [7, 11) is 1.43. The highest BCUT2D eigenvalue weighted by atomic mass is 16.6. The minimum atomic E-state index is -0.528. The normalized spacial score (nSPS) is 17.4. The van der Waals surface area contributed by atoms with Crippen molar-refractivity contribution in [2.75, 3.05) is 26.8 Å². The van der Waals surface area contributed by atoms with Crippen LogP contribution in [0.15, 0.2) is 18.2 Å². The Kier molecular flexibility index (Phi) is 4.13. The second-order valence-electron chi connectivity index (χ2n) is 5.48. The number of methoxy groups -OCH3 is 1. The molecule has 1 fully saturated rings. The molecule has 1 heterocycles. The largest absolute Gasteiger partial charge is 0.496 e. The number of hydrogen-bond acceptors (Lipinski definition) is 5. The monoisotopic (exact) mass is 294 g/mol. The fraction of sp³-hybridized carbons (Fsp3) is 0.500. The van der Waals surface area contributed by atoms with Gasteiger partial charge in [0, 0.05) is 25.2 Å². The van der Waals surface area contributed by atoms with E-state index < -0.39 is 10.5 Å². The van der Waals surface area contributed by atoms with Crippen LogP contribution >= 0.6 is 0 Å². The van der Waals surface area contributed by atoms with E-state index in [1.807, 2.05) is 13.8 Å². The van der Waals surface area contributed by atoms with Crippen molar-refractivity contribution in [2.24, 2.45) is 0 Å². The Bertz CT molecular complexity index is 570. The summed E-state index contributed by atoms with van der Waals surface area (Å²) in [5.41, 5.74) is -0.363. The van der Waals surface area contributed by atoms with E-state index >= 15 is 0 Å². The van der Waals surface area contributed by atoms with Crippen molar-refractivity contribution in [3.8, 4) is 5.75 Å². The molecule has 1 amide bonds. The molecule has 1 aromatic carbocycles. The molecular weight excluding hydrogens is 276 g/mol. The highest BCUT2D eigenvalue weighted by molar-refractivity contribution is 5.97. The third kappa shape index (κ3) is 3.30. The molecule has 0 atom stereocenters. The van der Waals surface area contributed by atoms with Gasteiger partial charge < -0.3 is 14.4 Å². The first kappa shape index (κ1) is 15.2. The number of nitrogens with zero attached hydrogens (tertiary/aromatic N) is 2. The predicted molar refractivity (Wildman–Crippen MR) is 75.6 cm³/mol. The van der Waals surface area contributed by atoms with Gasteiger partial charge in [-0.25, -0.2) is 0 Å². The quantitative estimate of drug-likeness (QED) is 0.627. The molecule has 21 heavy (non-hydrogen) atoms. The number of rotatable bonds is 3. The molecule has 0 spiro atoms. The molecule has 0 radical (unpaired) electrons. The average molecular weight is 294 g/mol. The Morgan fingerprint density at radius 3 is 2.76 bits per heavy atom. The standard InChI is InChI=1S/C14H18N2O5/c1-14(2)9-15(6-7-21-14)13(17)11-8-10(16(18)19)4-5-12(11)20-3/h4-5,8H,6-7,9H2,1-3H3. The van der Waals surface area contributed by atoms with Gasteiger partial charge in [0.2, 0.25) is 0 Å². The number of benzene rings is 1. The molecule has 0 aliphatic carbocycles. The molecular formula is C14H18N2O5. The van der Waals surface area contributed by atoms with E-state index in [2.05, 4.69) is 0 Å². The molecule has 7 nitrogen and oxygen atoms in total. The molecule has 1 saturated heterocycles. The van der Waals surface area contributed by atoms with Crippen molar-refractivity contribution < 1.29 is 19.2 Å². The molecule has 1 aromatic rings. The third-order valence-corrected chi connectivity index (χ3v) is 3.34. The lowest BCUT2D eigenvalue weighted by molar-refractivity contribution is -0.384. The van der Waals surface area contributed by atoms with Crippen LogP contribution in [-0.2, 0) is 4.74 Å². The molecule has 0 aromatic heterocycles. The molecule has 0 unspecified atom stereocenters. The maximum atomic E-state index is 12.6. The van der Waals surface area contributed by atoms with Crippen LogP contribution in [0.3, 0.4) is 0 Å². The van der Waals surface area contributed by atoms with Gasteiger partial charge in [-0.2, -0.15) is 0 Å². The van der Waals surface area contributed by atoms with Gasteiger partial charge in [-0.05, 0) is 19.9 Å². The van der Waals surface area contributed by atoms with Crippen LogP contribution in [0.5, 0.6) is 5.75 Å². The van der Waals surface area contributed by atoms with E-state index in [-0.39, 0.29) is 17.2 Å². The summed E-state index contributed by atoms with van der Waals surface area (Å²) in [6.45, 7) is 5.12.